The van der Waals surface area contributed by atoms with Crippen LogP contribution in [0.25, 0.3) is 0 Å². The molecule has 1 unspecified atom stereocenters. The molecule has 2 amide bonds. The molecule has 0 saturated carbocycles. The first-order valence-corrected chi connectivity index (χ1v) is 5.70. The molecular weight excluding hydrogens is 266 g/mol. The summed E-state index contributed by atoms with van der Waals surface area (Å²) in [5.74, 6) is 0.767. The van der Waals surface area contributed by atoms with Crippen LogP contribution < -0.4 is 15.0 Å². The molecule has 0 spiro atoms. The zero-order valence-electron chi connectivity index (χ0n) is 9.83. The lowest BCUT2D eigenvalue weighted by atomic mass is 10.3. The van der Waals surface area contributed by atoms with Crippen molar-refractivity contribution in [1.29, 1.82) is 0 Å². The minimum absolute atomic E-state index is 0. The summed E-state index contributed by atoms with van der Waals surface area (Å²) in [5, 5.41) is 11.5. The molecular formula is C12H15N3O5. The molecule has 0 radical (unpaired) electrons. The molecule has 0 aromatic carbocycles. The lowest BCUT2D eigenvalue weighted by Crippen LogP contribution is -2.29. The van der Waals surface area contributed by atoms with E-state index in [1.165, 1.54) is 4.90 Å². The Bertz CT molecular complexity index is 548. The quantitative estimate of drug-likeness (QED) is 0.812. The van der Waals surface area contributed by atoms with Gasteiger partial charge in [0.2, 0.25) is 0 Å². The van der Waals surface area contributed by atoms with Crippen molar-refractivity contribution in [3.05, 3.63) is 12.1 Å². The molecule has 1 saturated heterocycles. The van der Waals surface area contributed by atoms with E-state index in [4.69, 9.17) is 14.6 Å². The van der Waals surface area contributed by atoms with Crippen LogP contribution >= 0.6 is 0 Å². The van der Waals surface area contributed by atoms with Gasteiger partial charge in [-0.1, -0.05) is 7.43 Å². The first kappa shape index (κ1) is 14.1. The Morgan fingerprint density at radius 1 is 1.45 bits per heavy atom. The number of amides is 2. The first-order valence-electron chi connectivity index (χ1n) is 5.70. The van der Waals surface area contributed by atoms with Crippen LogP contribution in [0.4, 0.5) is 16.4 Å². The third-order valence-electron chi connectivity index (χ3n) is 2.81. The van der Waals surface area contributed by atoms with Crippen molar-refractivity contribution in [3.8, 4) is 5.75 Å². The summed E-state index contributed by atoms with van der Waals surface area (Å²) in [7, 11) is 0. The summed E-state index contributed by atoms with van der Waals surface area (Å²) in [6.45, 7) is -0.0741. The normalized spacial score (nSPS) is 20.4. The summed E-state index contributed by atoms with van der Waals surface area (Å²) >= 11 is 0. The number of aromatic nitrogens is 1. The van der Waals surface area contributed by atoms with E-state index < -0.39 is 12.2 Å². The Kier molecular flexibility index (Phi) is 3.75. The molecule has 8 heteroatoms. The van der Waals surface area contributed by atoms with Crippen LogP contribution in [0.2, 0.25) is 0 Å². The third-order valence-corrected chi connectivity index (χ3v) is 2.81. The topological polar surface area (TPSA) is 101 Å². The Hall–Kier alpha value is -2.35. The number of hydrogen-bond acceptors (Lipinski definition) is 6. The van der Waals surface area contributed by atoms with Gasteiger partial charge in [0.1, 0.15) is 11.9 Å². The number of ether oxygens (including phenoxy) is 2. The fourth-order valence-electron chi connectivity index (χ4n) is 1.91. The van der Waals surface area contributed by atoms with Gasteiger partial charge in [-0.05, 0) is 12.1 Å². The summed E-state index contributed by atoms with van der Waals surface area (Å²) in [5.41, 5.74) is 0. The third kappa shape index (κ3) is 2.37. The Labute approximate surface area is 115 Å². The van der Waals surface area contributed by atoms with Crippen LogP contribution in [0.1, 0.15) is 7.43 Å². The van der Waals surface area contributed by atoms with Gasteiger partial charge in [0.25, 0.3) is 5.91 Å². The zero-order chi connectivity index (χ0) is 13.4. The highest BCUT2D eigenvalue weighted by molar-refractivity contribution is 5.95. The Morgan fingerprint density at radius 2 is 2.25 bits per heavy atom. The van der Waals surface area contributed by atoms with Crippen molar-refractivity contribution in [1.82, 2.24) is 4.98 Å². The monoisotopic (exact) mass is 281 g/mol. The molecule has 108 valence electrons. The second-order valence-corrected chi connectivity index (χ2v) is 4.15. The predicted molar refractivity (Wildman–Crippen MR) is 69.8 cm³/mol. The van der Waals surface area contributed by atoms with E-state index in [2.05, 4.69) is 10.3 Å². The van der Waals surface area contributed by atoms with E-state index in [1.807, 2.05) is 0 Å². The van der Waals surface area contributed by atoms with Crippen molar-refractivity contribution in [2.75, 3.05) is 30.0 Å². The zero-order valence-corrected chi connectivity index (χ0v) is 9.83. The van der Waals surface area contributed by atoms with E-state index in [0.29, 0.717) is 11.6 Å². The molecule has 3 rings (SSSR count). The number of cyclic esters (lactones) is 1. The van der Waals surface area contributed by atoms with Gasteiger partial charge in [-0.15, -0.1) is 0 Å². The Balaban J connectivity index is 0.00000147. The highest BCUT2D eigenvalue weighted by Gasteiger charge is 2.33. The van der Waals surface area contributed by atoms with Crippen LogP contribution in [0.3, 0.4) is 0 Å². The molecule has 1 atom stereocenters. The van der Waals surface area contributed by atoms with Gasteiger partial charge in [-0.3, -0.25) is 9.69 Å². The summed E-state index contributed by atoms with van der Waals surface area (Å²) < 4.78 is 10.1. The van der Waals surface area contributed by atoms with Crippen LogP contribution in [0.15, 0.2) is 12.1 Å². The fraction of sp³-hybridized carbons (Fsp3) is 0.417. The SMILES string of the molecule is C.O=C1COc2ccc(N3CC(CO)OC3=O)nc2N1. The number of aliphatic hydroxyl groups excluding tert-OH is 1. The van der Waals surface area contributed by atoms with Gasteiger partial charge < -0.3 is 19.9 Å². The number of anilines is 2. The molecule has 0 bridgehead atoms. The van der Waals surface area contributed by atoms with Crippen molar-refractivity contribution in [2.45, 2.75) is 13.5 Å². The van der Waals surface area contributed by atoms with Crippen LogP contribution in [-0.2, 0) is 9.53 Å². The smallest absolute Gasteiger partial charge is 0.416 e. The van der Waals surface area contributed by atoms with Crippen molar-refractivity contribution >= 4 is 23.6 Å². The van der Waals surface area contributed by atoms with Crippen LogP contribution in [0, 0.1) is 0 Å². The molecule has 20 heavy (non-hydrogen) atoms. The molecule has 2 N–H and O–H groups in total. The molecule has 8 nitrogen and oxygen atoms in total. The maximum Gasteiger partial charge on any atom is 0.416 e. The van der Waals surface area contributed by atoms with Gasteiger partial charge in [0.05, 0.1) is 13.2 Å². The molecule has 3 heterocycles. The van der Waals surface area contributed by atoms with Crippen LogP contribution in [0.5, 0.6) is 5.75 Å². The van der Waals surface area contributed by atoms with Gasteiger partial charge >= 0.3 is 6.09 Å². The average Bonchev–Trinajstić information content (AvgIpc) is 2.79. The van der Waals surface area contributed by atoms with E-state index in [9.17, 15) is 9.59 Å². The van der Waals surface area contributed by atoms with Crippen LogP contribution in [-0.4, -0.2) is 48.0 Å². The van der Waals surface area contributed by atoms with E-state index >= 15 is 0 Å². The Morgan fingerprint density at radius 3 is 2.95 bits per heavy atom. The minimum Gasteiger partial charge on any atom is -0.480 e. The highest BCUT2D eigenvalue weighted by atomic mass is 16.6. The summed E-state index contributed by atoms with van der Waals surface area (Å²) in [6, 6.07) is 3.22. The van der Waals surface area contributed by atoms with E-state index in [1.54, 1.807) is 12.1 Å². The van der Waals surface area contributed by atoms with E-state index in [0.717, 1.165) is 0 Å². The van der Waals surface area contributed by atoms with Crippen molar-refractivity contribution in [3.63, 3.8) is 0 Å². The number of aliphatic hydroxyl groups is 1. The van der Waals surface area contributed by atoms with Gasteiger partial charge in [0, 0.05) is 0 Å². The van der Waals surface area contributed by atoms with Gasteiger partial charge in [0.15, 0.2) is 18.2 Å². The molecule has 1 aromatic rings. The number of carbonyl (C=O) groups is 2. The van der Waals surface area contributed by atoms with E-state index in [-0.39, 0.29) is 38.9 Å². The maximum absolute atomic E-state index is 11.6. The number of rotatable bonds is 2. The number of nitrogens with zero attached hydrogens (tertiary/aromatic N) is 2. The molecule has 2 aliphatic heterocycles. The van der Waals surface area contributed by atoms with Gasteiger partial charge in [-0.2, -0.15) is 0 Å². The average molecular weight is 281 g/mol. The summed E-state index contributed by atoms with van der Waals surface area (Å²) in [6.07, 6.45) is -1.13. The number of hydrogen-bond donors (Lipinski definition) is 2. The molecule has 1 aromatic heterocycles. The van der Waals surface area contributed by atoms with Crippen molar-refractivity contribution < 1.29 is 24.2 Å². The minimum atomic E-state index is -0.574. The van der Waals surface area contributed by atoms with Gasteiger partial charge in [-0.25, -0.2) is 9.78 Å². The second-order valence-electron chi connectivity index (χ2n) is 4.15. The lowest BCUT2D eigenvalue weighted by Gasteiger charge is -2.19. The molecule has 2 aliphatic rings. The summed E-state index contributed by atoms with van der Waals surface area (Å²) in [4.78, 5) is 28.3. The molecule has 1 fully saturated rings. The fourth-order valence-corrected chi connectivity index (χ4v) is 1.91. The first-order chi connectivity index (χ1) is 9.17. The number of pyridine rings is 1. The highest BCUT2D eigenvalue weighted by Crippen LogP contribution is 2.29. The number of carbonyl (C=O) groups excluding carboxylic acids is 2. The maximum atomic E-state index is 11.6. The number of nitrogens with one attached hydrogen (secondary N) is 1. The lowest BCUT2D eigenvalue weighted by molar-refractivity contribution is -0.118. The standard InChI is InChI=1S/C11H11N3O5.CH4/c15-4-6-3-14(11(17)19-6)8-2-1-7-10(12-8)13-9(16)5-18-7;/h1-2,6,15H,3-5H2,(H,12,13,16);1H4. The second kappa shape index (κ2) is 5.33. The largest absolute Gasteiger partial charge is 0.480 e. The predicted octanol–water partition coefficient (Wildman–Crippen LogP) is 0.366. The van der Waals surface area contributed by atoms with Crippen molar-refractivity contribution in [2.24, 2.45) is 0 Å². The number of fused-ring (bicyclic) bond motifs is 1. The molecule has 0 aliphatic carbocycles.